The number of hydrogen-bond acceptors (Lipinski definition) is 22. The van der Waals surface area contributed by atoms with Crippen LogP contribution in [0.3, 0.4) is 0 Å². The van der Waals surface area contributed by atoms with Crippen LogP contribution in [0.15, 0.2) is 181 Å². The zero-order valence-corrected chi connectivity index (χ0v) is 58.4. The van der Waals surface area contributed by atoms with Gasteiger partial charge in [-0.1, -0.05) is 58.4 Å². The van der Waals surface area contributed by atoms with E-state index in [-0.39, 0.29) is 17.4 Å². The number of fused-ring (bicyclic) bond motifs is 6. The number of aromatic nitrogens is 6. The van der Waals surface area contributed by atoms with E-state index in [0.717, 1.165) is 75.4 Å². The van der Waals surface area contributed by atoms with E-state index in [4.69, 9.17) is 45.5 Å². The molecule has 0 radical (unpaired) electrons. The molecule has 8 heterocycles. The normalized spacial score (nSPS) is 18.8. The summed E-state index contributed by atoms with van der Waals surface area (Å²) < 4.78 is 52.8. The SMILES string of the molecule is O=C1CC=C(c2ccc3[nH]c(=O)oc3c2)CC1.O=C1CCC(O)(c2ccc3[nH]c(=O)oc3c2)CC1.O=C1CCC(c2ccc3[nH]c(=O)oc3c2)CC1.O=C1CCC2(CC1)OCCO2.O=c1[nH]c2ccc(Br)cc2o1.O=c1[nH]c2ccc(C3(O)CCC4(CC3)OCCO4)cc2o1.O=c1[nH]c2ccccc2o1. The first-order valence-electron chi connectivity index (χ1n) is 34.7. The van der Waals surface area contributed by atoms with Crippen molar-refractivity contribution in [1.82, 2.24) is 29.9 Å². The lowest BCUT2D eigenvalue weighted by atomic mass is 9.77. The molecule has 7 aliphatic rings. The topological polar surface area (TPSA) is 422 Å². The highest BCUT2D eigenvalue weighted by molar-refractivity contribution is 9.10. The molecule has 6 aromatic carbocycles. The van der Waals surface area contributed by atoms with Crippen LogP contribution in [-0.2, 0) is 49.3 Å². The van der Waals surface area contributed by atoms with Gasteiger partial charge in [-0.2, -0.15) is 0 Å². The Hall–Kier alpha value is -10.4. The van der Waals surface area contributed by atoms with E-state index < -0.39 is 51.5 Å². The highest BCUT2D eigenvalue weighted by atomic mass is 79.9. The third-order valence-corrected chi connectivity index (χ3v) is 20.3. The molecule has 29 heteroatoms. The van der Waals surface area contributed by atoms with Crippen molar-refractivity contribution in [2.45, 2.75) is 151 Å². The molecule has 105 heavy (non-hydrogen) atoms. The van der Waals surface area contributed by atoms with Crippen LogP contribution in [0.25, 0.3) is 72.2 Å². The third-order valence-electron chi connectivity index (χ3n) is 19.8. The van der Waals surface area contributed by atoms with Gasteiger partial charge in [-0.15, -0.1) is 0 Å². The van der Waals surface area contributed by atoms with Crippen molar-refractivity contribution in [2.24, 2.45) is 0 Å². The van der Waals surface area contributed by atoms with Crippen LogP contribution >= 0.6 is 15.9 Å². The van der Waals surface area contributed by atoms with Gasteiger partial charge >= 0.3 is 34.5 Å². The van der Waals surface area contributed by atoms with Crippen molar-refractivity contribution in [3.8, 4) is 0 Å². The molecular weight excluding hydrogens is 1430 g/mol. The fourth-order valence-corrected chi connectivity index (χ4v) is 14.3. The number of halogens is 1. The Bertz CT molecular complexity index is 5500. The van der Waals surface area contributed by atoms with Crippen LogP contribution in [0.1, 0.15) is 150 Å². The van der Waals surface area contributed by atoms with E-state index in [1.54, 1.807) is 54.6 Å². The lowest BCUT2D eigenvalue weighted by Crippen LogP contribution is -2.42. The Labute approximate surface area is 601 Å². The molecule has 2 spiro atoms. The van der Waals surface area contributed by atoms with Gasteiger partial charge in [0.25, 0.3) is 0 Å². The number of H-pyrrole nitrogens is 6. The standard InChI is InChI=1S/C15H17NO5.C13H13NO4.C13H13NO3.C13H11NO3.C8H12O3.C7H4BrNO2.C7H5NO2/c17-13-16-11-2-1-10(9-12(11)21-13)14(18)3-5-15(6-4-14)19-7-8-20-15;15-9-3-5-13(17,6-4-9)8-1-2-10-11(7-8)18-12(16)14-10;2*15-10-4-1-8(2-5-10)9-3-6-11-12(7-9)17-13(16)14-11;9-7-1-3-8(4-2-7)10-5-6-11-8;8-4-1-2-5-6(3-4)11-7(10)9-5;9-7-8-5-3-1-2-4-6(5)10-7/h1-2,9,18H,3-8H2,(H,16,17);1-2,7,17H,3-6H2,(H,14,16);3,6-8H,1-2,4-5H2,(H,14,16);1,3,6-7H,2,4-5H2,(H,14,16);1-6H2;1-3H,(H,9,10);1-4H,(H,8,9). The molecule has 548 valence electrons. The van der Waals surface area contributed by atoms with E-state index >= 15 is 0 Å². The molecule has 2 saturated heterocycles. The maximum absolute atomic E-state index is 11.2. The monoisotopic (exact) mass is 1500 g/mol. The zero-order chi connectivity index (χ0) is 73.5. The fraction of sp³-hybridized carbons (Fsp3) is 0.368. The van der Waals surface area contributed by atoms with Gasteiger partial charge in [-0.05, 0) is 158 Å². The first-order valence-corrected chi connectivity index (χ1v) is 35.5. The Morgan fingerprint density at radius 1 is 0.352 bits per heavy atom. The van der Waals surface area contributed by atoms with E-state index in [2.05, 4.69) is 45.8 Å². The maximum atomic E-state index is 11.2. The number of carbonyl (C=O) groups excluding carboxylic acids is 4. The summed E-state index contributed by atoms with van der Waals surface area (Å²) in [5.41, 5.74) is 10.3. The van der Waals surface area contributed by atoms with Crippen LogP contribution in [0.2, 0.25) is 0 Å². The van der Waals surface area contributed by atoms with E-state index in [1.807, 2.05) is 66.7 Å². The molecule has 8 N–H and O–H groups in total. The Morgan fingerprint density at radius 2 is 0.743 bits per heavy atom. The van der Waals surface area contributed by atoms with Gasteiger partial charge < -0.3 is 55.7 Å². The minimum absolute atomic E-state index is 0.189. The molecule has 4 saturated carbocycles. The van der Waals surface area contributed by atoms with Gasteiger partial charge in [0.05, 0.1) is 70.7 Å². The number of allylic oxidation sites excluding steroid dienone is 2. The molecule has 0 bridgehead atoms. The van der Waals surface area contributed by atoms with Crippen molar-refractivity contribution < 1.29 is 74.8 Å². The summed E-state index contributed by atoms with van der Waals surface area (Å²) in [6.07, 6.45) is 13.8. The number of hydrogen-bond donors (Lipinski definition) is 8. The first kappa shape index (κ1) is 72.9. The summed E-state index contributed by atoms with van der Waals surface area (Å²) in [6.45, 7) is 2.63. The van der Waals surface area contributed by atoms with Crippen molar-refractivity contribution in [2.75, 3.05) is 26.4 Å². The van der Waals surface area contributed by atoms with E-state index in [0.29, 0.717) is 189 Å². The molecule has 19 rings (SSSR count). The molecule has 6 fully saturated rings. The van der Waals surface area contributed by atoms with Crippen LogP contribution in [0, 0.1) is 0 Å². The number of carbonyl (C=O) groups is 4. The lowest BCUT2D eigenvalue weighted by Gasteiger charge is -2.40. The average molecular weight is 1500 g/mol. The number of rotatable bonds is 4. The molecule has 0 atom stereocenters. The Balaban J connectivity index is 0.000000110. The number of benzene rings is 6. The number of ether oxygens (including phenoxy) is 4. The number of aromatic amines is 6. The second-order valence-electron chi connectivity index (χ2n) is 26.8. The zero-order valence-electron chi connectivity index (χ0n) is 56.8. The quantitative estimate of drug-likeness (QED) is 0.0811. The molecule has 5 aliphatic carbocycles. The summed E-state index contributed by atoms with van der Waals surface area (Å²) in [4.78, 5) is 125. The van der Waals surface area contributed by atoms with Crippen LogP contribution in [0.4, 0.5) is 0 Å². The molecule has 12 aromatic rings. The number of nitrogens with one attached hydrogen (secondary N) is 6. The second kappa shape index (κ2) is 31.5. The molecule has 2 aliphatic heterocycles. The first-order chi connectivity index (χ1) is 50.5. The van der Waals surface area contributed by atoms with Gasteiger partial charge in [-0.25, -0.2) is 28.8 Å². The number of aliphatic hydroxyl groups is 2. The van der Waals surface area contributed by atoms with Gasteiger partial charge in [0.1, 0.15) is 23.1 Å². The predicted octanol–water partition coefficient (Wildman–Crippen LogP) is 11.6. The third kappa shape index (κ3) is 17.9. The predicted molar refractivity (Wildman–Crippen MR) is 384 cm³/mol. The van der Waals surface area contributed by atoms with Crippen molar-refractivity contribution in [3.63, 3.8) is 0 Å². The second-order valence-corrected chi connectivity index (χ2v) is 27.7. The van der Waals surface area contributed by atoms with Crippen LogP contribution < -0.4 is 34.5 Å². The van der Waals surface area contributed by atoms with Gasteiger partial charge in [0, 0.05) is 81.5 Å². The van der Waals surface area contributed by atoms with Crippen LogP contribution in [-0.4, -0.2) is 101 Å². The largest absolute Gasteiger partial charge is 0.417 e. The smallest absolute Gasteiger partial charge is 0.408 e. The van der Waals surface area contributed by atoms with Gasteiger partial charge in [-0.3, -0.25) is 49.1 Å². The van der Waals surface area contributed by atoms with Gasteiger partial charge in [0.15, 0.2) is 45.1 Å². The minimum atomic E-state index is -0.988. The summed E-state index contributed by atoms with van der Waals surface area (Å²) in [5.74, 6) is -1.96. The molecule has 0 unspecified atom stereocenters. The summed E-state index contributed by atoms with van der Waals surface area (Å²) in [7, 11) is 0. The van der Waals surface area contributed by atoms with Crippen LogP contribution in [0.5, 0.6) is 0 Å². The van der Waals surface area contributed by atoms with E-state index in [9.17, 15) is 58.2 Å². The molecule has 28 nitrogen and oxygen atoms in total. The molecular formula is C76H75BrN6O22. The molecule has 6 aromatic heterocycles. The number of ketones is 4. The highest BCUT2D eigenvalue weighted by Gasteiger charge is 2.46. The lowest BCUT2D eigenvalue weighted by molar-refractivity contribution is -0.204. The fourth-order valence-electron chi connectivity index (χ4n) is 13.9. The Morgan fingerprint density at radius 3 is 1.23 bits per heavy atom. The van der Waals surface area contributed by atoms with Crippen molar-refractivity contribution in [1.29, 1.82) is 0 Å². The summed E-state index contributed by atoms with van der Waals surface area (Å²) >= 11 is 3.27. The average Bonchev–Trinajstić information content (AvgIpc) is 1.72. The number of Topliss-reactive ketones (excluding diaryl/α,β-unsaturated/α-hetero) is 4. The number of para-hydroxylation sites is 2. The van der Waals surface area contributed by atoms with E-state index in [1.165, 1.54) is 0 Å². The van der Waals surface area contributed by atoms with Crippen molar-refractivity contribution in [3.05, 3.63) is 211 Å². The van der Waals surface area contributed by atoms with Gasteiger partial charge in [0.2, 0.25) is 0 Å². The molecule has 0 amide bonds. The Kier molecular flexibility index (Phi) is 21.9. The maximum Gasteiger partial charge on any atom is 0.417 e. The summed E-state index contributed by atoms with van der Waals surface area (Å²) in [5, 5.41) is 21.5. The minimum Gasteiger partial charge on any atom is -0.408 e. The summed E-state index contributed by atoms with van der Waals surface area (Å²) in [6, 6.07) is 34.4. The number of oxazole rings is 6. The van der Waals surface area contributed by atoms with Crippen molar-refractivity contribution >= 4 is 111 Å². The highest BCUT2D eigenvalue weighted by Crippen LogP contribution is 2.46.